The van der Waals surface area contributed by atoms with Crippen molar-refractivity contribution in [2.24, 2.45) is 0 Å². The lowest BCUT2D eigenvalue weighted by Gasteiger charge is -2.14. The topological polar surface area (TPSA) is 69.2 Å². The van der Waals surface area contributed by atoms with Crippen LogP contribution in [0.3, 0.4) is 0 Å². The number of hydrogen-bond acceptors (Lipinski definition) is 5. The molecule has 0 spiro atoms. The van der Waals surface area contributed by atoms with Crippen LogP contribution in [0.5, 0.6) is 0 Å². The fourth-order valence-electron chi connectivity index (χ4n) is 2.84. The molecule has 2 heterocycles. The third-order valence-electron chi connectivity index (χ3n) is 4.02. The van der Waals surface area contributed by atoms with Crippen molar-refractivity contribution in [2.75, 3.05) is 6.61 Å². The van der Waals surface area contributed by atoms with Crippen LogP contribution in [-0.4, -0.2) is 28.3 Å². The predicted molar refractivity (Wildman–Crippen MR) is 88.8 cm³/mol. The van der Waals surface area contributed by atoms with Crippen LogP contribution in [0.25, 0.3) is 22.3 Å². The van der Waals surface area contributed by atoms with Gasteiger partial charge in [0.2, 0.25) is 0 Å². The van der Waals surface area contributed by atoms with E-state index < -0.39 is 5.97 Å². The quantitative estimate of drug-likeness (QED) is 0.594. The highest BCUT2D eigenvalue weighted by Crippen LogP contribution is 2.29. The molecule has 1 aromatic heterocycles. The van der Waals surface area contributed by atoms with Gasteiger partial charge in [0.15, 0.2) is 5.78 Å². The van der Waals surface area contributed by atoms with E-state index in [1.807, 2.05) is 30.3 Å². The maximum absolute atomic E-state index is 12.6. The first-order chi connectivity index (χ1) is 11.7. The molecule has 0 bridgehead atoms. The maximum Gasteiger partial charge on any atom is 0.338 e. The molecule has 2 aromatic carbocycles. The zero-order chi connectivity index (χ0) is 16.5. The molecule has 5 heteroatoms. The number of para-hydroxylation sites is 2. The van der Waals surface area contributed by atoms with Gasteiger partial charge in [-0.25, -0.2) is 14.8 Å². The van der Waals surface area contributed by atoms with Gasteiger partial charge < -0.3 is 4.74 Å². The highest BCUT2D eigenvalue weighted by molar-refractivity contribution is 6.05. The smallest absolute Gasteiger partial charge is 0.338 e. The van der Waals surface area contributed by atoms with Crippen LogP contribution in [0, 0.1) is 0 Å². The van der Waals surface area contributed by atoms with E-state index >= 15 is 0 Å². The lowest BCUT2D eigenvalue weighted by molar-refractivity contribution is 0.0494. The van der Waals surface area contributed by atoms with Crippen molar-refractivity contribution in [1.82, 2.24) is 9.97 Å². The van der Waals surface area contributed by atoms with Gasteiger partial charge in [0.1, 0.15) is 11.4 Å². The Morgan fingerprint density at radius 1 is 0.792 bits per heavy atom. The number of aromatic nitrogens is 2. The van der Waals surface area contributed by atoms with E-state index in [0.29, 0.717) is 40.0 Å². The molecule has 1 aliphatic rings. The second kappa shape index (κ2) is 5.85. The monoisotopic (exact) mass is 318 g/mol. The third-order valence-corrected chi connectivity index (χ3v) is 4.02. The first-order valence-electron chi connectivity index (χ1n) is 7.80. The second-order valence-electron chi connectivity index (χ2n) is 5.62. The molecule has 0 unspecified atom stereocenters. The minimum Gasteiger partial charge on any atom is -0.462 e. The van der Waals surface area contributed by atoms with E-state index in [-0.39, 0.29) is 18.8 Å². The normalized spacial score (nSPS) is 14.7. The van der Waals surface area contributed by atoms with Gasteiger partial charge in [0.05, 0.1) is 23.2 Å². The van der Waals surface area contributed by atoms with Crippen LogP contribution < -0.4 is 0 Å². The number of rotatable bonds is 0. The molecular weight excluding hydrogens is 304 g/mol. The Morgan fingerprint density at radius 3 is 2.17 bits per heavy atom. The van der Waals surface area contributed by atoms with Crippen LogP contribution in [0.15, 0.2) is 48.5 Å². The van der Waals surface area contributed by atoms with E-state index in [1.165, 1.54) is 0 Å². The number of hydrogen-bond donors (Lipinski definition) is 0. The second-order valence-corrected chi connectivity index (χ2v) is 5.62. The number of nitrogens with zero attached hydrogens (tertiary/aromatic N) is 2. The zero-order valence-corrected chi connectivity index (χ0v) is 12.9. The molecule has 0 amide bonds. The molecule has 0 N–H and O–H groups in total. The Balaban J connectivity index is 2.05. The molecule has 118 valence electrons. The van der Waals surface area contributed by atoms with E-state index in [1.54, 1.807) is 18.2 Å². The number of fused-ring (bicyclic) bond motifs is 4. The average Bonchev–Trinajstić information content (AvgIpc) is 2.63. The maximum atomic E-state index is 12.6. The molecule has 0 radical (unpaired) electrons. The summed E-state index contributed by atoms with van der Waals surface area (Å²) in [6.45, 7) is 0.218. The fourth-order valence-corrected chi connectivity index (χ4v) is 2.84. The molecule has 1 aliphatic heterocycles. The first kappa shape index (κ1) is 14.5. The van der Waals surface area contributed by atoms with Gasteiger partial charge in [0, 0.05) is 12.0 Å². The van der Waals surface area contributed by atoms with Gasteiger partial charge in [-0.2, -0.15) is 0 Å². The summed E-state index contributed by atoms with van der Waals surface area (Å²) in [5.74, 6) is -0.489. The van der Waals surface area contributed by atoms with Crippen LogP contribution in [0.2, 0.25) is 0 Å². The predicted octanol–water partition coefficient (Wildman–Crippen LogP) is 3.43. The summed E-state index contributed by atoms with van der Waals surface area (Å²) in [6.07, 6.45) is 0.746. The van der Waals surface area contributed by atoms with E-state index in [4.69, 9.17) is 4.74 Å². The van der Waals surface area contributed by atoms with Crippen LogP contribution in [-0.2, 0) is 4.74 Å². The number of ketones is 1. The SMILES string of the molecule is O=C1OCCCC(=O)c2nc3ccccc3nc2-c2ccccc21. The summed E-state index contributed by atoms with van der Waals surface area (Å²) < 4.78 is 5.26. The Bertz CT molecular complexity index is 966. The summed E-state index contributed by atoms with van der Waals surface area (Å²) in [6, 6.07) is 14.4. The number of carbonyl (C=O) groups excluding carboxylic acids is 2. The van der Waals surface area contributed by atoms with Crippen molar-refractivity contribution >= 4 is 22.8 Å². The number of carbonyl (C=O) groups is 2. The first-order valence-corrected chi connectivity index (χ1v) is 7.80. The van der Waals surface area contributed by atoms with Gasteiger partial charge in [-0.05, 0) is 24.6 Å². The van der Waals surface area contributed by atoms with Crippen molar-refractivity contribution in [2.45, 2.75) is 12.8 Å². The lowest BCUT2D eigenvalue weighted by atomic mass is 9.99. The molecule has 0 saturated heterocycles. The van der Waals surface area contributed by atoms with Gasteiger partial charge in [-0.3, -0.25) is 4.79 Å². The summed E-state index contributed by atoms with van der Waals surface area (Å²) >= 11 is 0. The lowest BCUT2D eigenvalue weighted by Crippen LogP contribution is -2.15. The Labute approximate surface area is 138 Å². The van der Waals surface area contributed by atoms with E-state index in [2.05, 4.69) is 9.97 Å². The van der Waals surface area contributed by atoms with Gasteiger partial charge in [0.25, 0.3) is 0 Å². The van der Waals surface area contributed by atoms with Gasteiger partial charge in [-0.15, -0.1) is 0 Å². The van der Waals surface area contributed by atoms with Gasteiger partial charge >= 0.3 is 5.97 Å². The number of ether oxygens (including phenoxy) is 1. The summed E-state index contributed by atoms with van der Waals surface area (Å²) in [7, 11) is 0. The molecule has 24 heavy (non-hydrogen) atoms. The molecule has 0 atom stereocenters. The summed E-state index contributed by atoms with van der Waals surface area (Å²) in [4.78, 5) is 34.1. The van der Waals surface area contributed by atoms with Crippen molar-refractivity contribution in [3.63, 3.8) is 0 Å². The number of esters is 1. The fraction of sp³-hybridized carbons (Fsp3) is 0.158. The Kier molecular flexibility index (Phi) is 3.54. The number of benzene rings is 2. The largest absolute Gasteiger partial charge is 0.462 e. The Morgan fingerprint density at radius 2 is 1.42 bits per heavy atom. The van der Waals surface area contributed by atoms with Crippen LogP contribution >= 0.6 is 0 Å². The molecular formula is C19H14N2O3. The van der Waals surface area contributed by atoms with Crippen molar-refractivity contribution < 1.29 is 14.3 Å². The van der Waals surface area contributed by atoms with Crippen molar-refractivity contribution in [3.05, 3.63) is 59.8 Å². The molecule has 0 saturated carbocycles. The van der Waals surface area contributed by atoms with E-state index in [0.717, 1.165) is 0 Å². The number of Topliss-reactive ketones (excluding diaryl/α,β-unsaturated/α-hetero) is 1. The van der Waals surface area contributed by atoms with Crippen molar-refractivity contribution in [3.8, 4) is 11.3 Å². The molecule has 3 aromatic rings. The molecule has 0 aliphatic carbocycles. The average molecular weight is 318 g/mol. The molecule has 5 nitrogen and oxygen atoms in total. The summed E-state index contributed by atoms with van der Waals surface area (Å²) in [5, 5.41) is 0. The minimum atomic E-state index is -0.402. The van der Waals surface area contributed by atoms with Gasteiger partial charge in [-0.1, -0.05) is 30.3 Å². The standard InChI is InChI=1S/C19H14N2O3/c22-16-10-5-11-24-19(23)13-7-2-1-6-12(13)17-18(16)21-15-9-4-3-8-14(15)20-17/h1-4,6-9H,5,10-11H2. The van der Waals surface area contributed by atoms with Crippen molar-refractivity contribution in [1.29, 1.82) is 0 Å². The molecule has 0 fully saturated rings. The highest BCUT2D eigenvalue weighted by atomic mass is 16.5. The van der Waals surface area contributed by atoms with E-state index in [9.17, 15) is 9.59 Å². The van der Waals surface area contributed by atoms with Crippen LogP contribution in [0.1, 0.15) is 33.7 Å². The summed E-state index contributed by atoms with van der Waals surface area (Å²) in [5.41, 5.74) is 3.08. The minimum absolute atomic E-state index is 0.0870. The Hall–Kier alpha value is -3.08. The zero-order valence-electron chi connectivity index (χ0n) is 12.9. The van der Waals surface area contributed by atoms with Crippen LogP contribution in [0.4, 0.5) is 0 Å². The number of cyclic esters (lactones) is 1. The highest BCUT2D eigenvalue weighted by Gasteiger charge is 2.23. The molecule has 4 rings (SSSR count). The third kappa shape index (κ3) is 2.44.